The van der Waals surface area contributed by atoms with Crippen molar-refractivity contribution in [2.24, 2.45) is 53.3 Å². The Labute approximate surface area is 872 Å². The van der Waals surface area contributed by atoms with Crippen molar-refractivity contribution in [3.05, 3.63) is 186 Å². The summed E-state index contributed by atoms with van der Waals surface area (Å²) in [4.78, 5) is 68.1. The largest absolute Gasteiger partial charge is 0.490 e. The SMILES string of the molecule is C1CN2CCOC[C@@H]2CN1.C[C@@H]1[C@@H](C)C/C=C/[C@@](O)(CN2CCN3CCOC[C@@H]3C2)[C@@H]2CC[C@H]2CN2C[C@@]3(CCCc4cc(Cl)ccc43)COc3ccc(cc32)C(=O)NS1(=O)=O.C[C@@H]1[C@@H](C)CCCC(=O)[C@@H]2CC[C@H]2CN2C[C@@]3(CCCc4cc(Cl)ccc43)COc3ccc(cc32)C(=O)NS1(=O)=O.C[C@@H]1[C@@H](C)CCCC2(CO2)[C@@H]2CC[C@H]2CN2C[C@@]3(CCCc4cc(Cl)ccc43)COc3ccc(cc32)C(=O)NS1(=O)=O. The van der Waals surface area contributed by atoms with E-state index in [9.17, 15) is 49.5 Å². The molecule has 3 amide bonds. The topological polar surface area (TPSA) is 317 Å². The highest BCUT2D eigenvalue weighted by atomic mass is 35.5. The highest BCUT2D eigenvalue weighted by molar-refractivity contribution is 7.91. The van der Waals surface area contributed by atoms with Crippen molar-refractivity contribution in [2.45, 2.75) is 238 Å². The molecular formula is C112H147Cl3N10O17S3. The quantitative estimate of drug-likeness (QED) is 0.0794. The number of anilines is 3. The third-order valence-electron chi connectivity index (χ3n) is 36.9. The molecule has 6 aromatic rings. The summed E-state index contributed by atoms with van der Waals surface area (Å²) in [5.74, 6) is 1.45. The lowest BCUT2D eigenvalue weighted by molar-refractivity contribution is -0.128. The first-order valence-corrected chi connectivity index (χ1v) is 59.6. The summed E-state index contributed by atoms with van der Waals surface area (Å²) < 4.78 is 124. The van der Waals surface area contributed by atoms with Crippen LogP contribution in [0.5, 0.6) is 17.2 Å². The highest BCUT2D eigenvalue weighted by Crippen LogP contribution is 2.57. The molecule has 17 aliphatic rings. The average molecular weight is 2110 g/mol. The van der Waals surface area contributed by atoms with Crippen LogP contribution in [0.2, 0.25) is 15.1 Å². The number of fused-ring (bicyclic) bond motifs is 15. The number of aliphatic hydroxyl groups is 1. The van der Waals surface area contributed by atoms with Crippen molar-refractivity contribution in [1.29, 1.82) is 0 Å². The maximum absolute atomic E-state index is 13.6. The van der Waals surface area contributed by atoms with Gasteiger partial charge in [-0.1, -0.05) is 92.3 Å². The van der Waals surface area contributed by atoms with Crippen molar-refractivity contribution >= 4 is 105 Å². The normalized spacial score (nSPS) is 34.6. The molecule has 8 fully saturated rings. The number of hydrogen-bond acceptors (Lipinski definition) is 24. The first-order chi connectivity index (χ1) is 69.5. The highest BCUT2D eigenvalue weighted by Gasteiger charge is 2.58. The monoisotopic (exact) mass is 2100 g/mol. The second kappa shape index (κ2) is 42.9. The van der Waals surface area contributed by atoms with E-state index >= 15 is 0 Å². The molecule has 23 rings (SSSR count). The van der Waals surface area contributed by atoms with Crippen molar-refractivity contribution in [3.8, 4) is 17.2 Å². The Kier molecular flexibility index (Phi) is 30.9. The molecule has 33 heteroatoms. The van der Waals surface area contributed by atoms with E-state index in [2.05, 4.69) is 85.3 Å². The zero-order valence-corrected chi connectivity index (χ0v) is 89.7. The van der Waals surface area contributed by atoms with Gasteiger partial charge in [-0.2, -0.15) is 0 Å². The molecular weight excluding hydrogens is 1960 g/mol. The maximum atomic E-state index is 13.6. The van der Waals surface area contributed by atoms with Crippen LogP contribution >= 0.6 is 34.8 Å². The van der Waals surface area contributed by atoms with E-state index in [-0.39, 0.29) is 80.2 Å². The van der Waals surface area contributed by atoms with E-state index in [1.807, 2.05) is 69.3 Å². The maximum Gasteiger partial charge on any atom is 0.264 e. The number of amides is 3. The first-order valence-electron chi connectivity index (χ1n) is 53.8. The van der Waals surface area contributed by atoms with Gasteiger partial charge in [-0.15, -0.1) is 0 Å². The smallest absolute Gasteiger partial charge is 0.264 e. The second-order valence-corrected chi connectivity index (χ2v) is 53.3. The number of nitrogens with one attached hydrogen (secondary N) is 4. The van der Waals surface area contributed by atoms with E-state index in [0.29, 0.717) is 126 Å². The van der Waals surface area contributed by atoms with Gasteiger partial charge >= 0.3 is 0 Å². The number of aryl methyl sites for hydroxylation is 3. The minimum Gasteiger partial charge on any atom is -0.490 e. The number of carbonyl (C=O) groups excluding carboxylic acids is 4. The number of allylic oxidation sites excluding steroid dienone is 1. The molecule has 6 aliphatic carbocycles. The lowest BCUT2D eigenvalue weighted by atomic mass is 9.63. The van der Waals surface area contributed by atoms with Crippen LogP contribution in [0.3, 0.4) is 0 Å². The van der Waals surface area contributed by atoms with Gasteiger partial charge in [-0.25, -0.2) is 39.4 Å². The fourth-order valence-electron chi connectivity index (χ4n) is 27.1. The van der Waals surface area contributed by atoms with Crippen molar-refractivity contribution in [2.75, 3.05) is 166 Å². The minimum absolute atomic E-state index is 0.0151. The zero-order valence-electron chi connectivity index (χ0n) is 85.0. The van der Waals surface area contributed by atoms with Crippen molar-refractivity contribution in [3.63, 3.8) is 0 Å². The van der Waals surface area contributed by atoms with Crippen molar-refractivity contribution < 1.29 is 78.0 Å². The van der Waals surface area contributed by atoms with E-state index in [1.165, 1.54) is 39.9 Å². The lowest BCUT2D eigenvalue weighted by Crippen LogP contribution is -2.62. The number of benzene rings is 6. The molecule has 4 spiro atoms. The molecule has 6 bridgehead atoms. The van der Waals surface area contributed by atoms with Gasteiger partial charge < -0.3 is 53.5 Å². The summed E-state index contributed by atoms with van der Waals surface area (Å²) in [7, 11) is -11.7. The summed E-state index contributed by atoms with van der Waals surface area (Å²) in [6.45, 7) is 29.5. The number of morpholine rings is 2. The molecule has 27 nitrogen and oxygen atoms in total. The molecule has 0 aromatic heterocycles. The van der Waals surface area contributed by atoms with Crippen LogP contribution in [0.1, 0.15) is 228 Å². The summed E-state index contributed by atoms with van der Waals surface area (Å²) in [5, 5.41) is 16.2. The average Bonchev–Trinajstić information content (AvgIpc) is 1.63. The van der Waals surface area contributed by atoms with Gasteiger partial charge in [0.05, 0.1) is 96.9 Å². The number of β-amino-alcohol motifs (C(OH)–C–C–N with tert-alkyl or cyclic N) is 1. The number of carbonyl (C=O) groups is 4. The van der Waals surface area contributed by atoms with Gasteiger partial charge in [-0.05, 0) is 321 Å². The summed E-state index contributed by atoms with van der Waals surface area (Å²) in [5.41, 5.74) is 8.98. The standard InChI is InChI=1S/C40H53ClN4O6S.C33H41ClN2O5S.C32H39ClN2O5S.C7H14N2O/c1-27-5-3-14-40(47,25-43-15-16-44-17-18-50-23-33(44)22-43)35-10-7-31(35)21-45-24-39(13-4-6-29-19-32(41)9-11-34(29)39)26-51-37-12-8-30(20-36(37)45)38(46)42-52(48,49)28(27)2;1-21-5-3-14-33(20-41-33)28-10-7-25(28)17-36-18-32(13-4-6-23-15-26(34)9-11-27(23)32)19-40-30-12-8-24(16-29(30)36)31(37)35-42(38,39)22(21)2;1-20-5-3-7-29(36)26-11-8-24(26)17-35-18-32(14-4-6-22-15-25(33)10-12-27(22)32)19-40-30-13-9-23(16-28(30)35)31(37)34-41(38,39)21(20)2;1-2-9-3-4-10-6-7(9)5-8-1/h3,8-9,11-12,14,19-20,27-28,31,33,35,47H,4-7,10,13,15-18,21-26H2,1-2H3,(H,42,46);8-9,11-12,15-16,21-22,25,28H,3-7,10,13-14,17-20H2,1-2H3,(H,35,37);9-10,12-13,15-16,20-21,24,26H,3-8,11,14,17-19H2,1-2H3,(H,34,37);7-8H,1-6H2/b14-3+;;;/t27-,28+,31-,33-,35+,39-,40+;21-,22+,25-,28+,32-,33?;20-,21+,24-,26+,32-;7-/m0000/s1. The Morgan fingerprint density at radius 1 is 0.434 bits per heavy atom. The third kappa shape index (κ3) is 22.0. The zero-order chi connectivity index (χ0) is 101. The Bertz CT molecular complexity index is 6190. The predicted molar refractivity (Wildman–Crippen MR) is 566 cm³/mol. The molecule has 786 valence electrons. The Morgan fingerprint density at radius 3 is 1.31 bits per heavy atom. The number of ketones is 1. The van der Waals surface area contributed by atoms with Crippen LogP contribution in [0, 0.1) is 53.3 Å². The van der Waals surface area contributed by atoms with Crippen LogP contribution < -0.4 is 48.4 Å². The number of sulfonamides is 3. The van der Waals surface area contributed by atoms with E-state index < -0.39 is 69.1 Å². The third-order valence-corrected chi connectivity index (χ3v) is 43.3. The van der Waals surface area contributed by atoms with Gasteiger partial charge in [-0.3, -0.25) is 33.9 Å². The number of hydrogen-bond donors (Lipinski definition) is 5. The van der Waals surface area contributed by atoms with Gasteiger partial charge in [0.1, 0.15) is 23.0 Å². The molecule has 1 unspecified atom stereocenters. The van der Waals surface area contributed by atoms with E-state index in [4.69, 9.17) is 63.2 Å². The number of ether oxygens (including phenoxy) is 6. The number of piperazine rings is 2. The molecule has 5 saturated heterocycles. The number of nitrogens with zero attached hydrogens (tertiary/aromatic N) is 6. The van der Waals surface area contributed by atoms with Gasteiger partial charge in [0, 0.05) is 171 Å². The molecule has 0 radical (unpaired) electrons. The fourth-order valence-corrected chi connectivity index (χ4v) is 31.6. The Morgan fingerprint density at radius 2 is 0.869 bits per heavy atom. The number of rotatable bonds is 2. The molecule has 5 N–H and O–H groups in total. The predicted octanol–water partition coefficient (Wildman–Crippen LogP) is 15.5. The number of Topliss-reactive ketones (excluding diaryl/α,β-unsaturated/α-hetero) is 1. The second-order valence-electron chi connectivity index (χ2n) is 45.9. The summed E-state index contributed by atoms with van der Waals surface area (Å²) in [6, 6.07) is 35.4. The van der Waals surface area contributed by atoms with Gasteiger partial charge in [0.2, 0.25) is 30.1 Å². The van der Waals surface area contributed by atoms with E-state index in [0.717, 1.165) is 239 Å². The van der Waals surface area contributed by atoms with Crippen LogP contribution in [0.15, 0.2) is 121 Å². The Balaban J connectivity index is 0.000000127. The van der Waals surface area contributed by atoms with Crippen LogP contribution in [-0.4, -0.2) is 259 Å². The molecule has 11 heterocycles. The van der Waals surface area contributed by atoms with Gasteiger partial charge in [0.25, 0.3) is 17.7 Å². The number of epoxide rings is 1. The Hall–Kier alpha value is -7.66. The molecule has 6 aromatic carbocycles. The lowest BCUT2D eigenvalue weighted by Gasteiger charge is -2.51. The molecule has 11 aliphatic heterocycles. The van der Waals surface area contributed by atoms with Crippen LogP contribution in [0.25, 0.3) is 0 Å². The van der Waals surface area contributed by atoms with Crippen LogP contribution in [0.4, 0.5) is 17.1 Å². The van der Waals surface area contributed by atoms with Crippen LogP contribution in [-0.2, 0) is 84.6 Å². The van der Waals surface area contributed by atoms with E-state index in [1.54, 1.807) is 57.2 Å². The summed E-state index contributed by atoms with van der Waals surface area (Å²) >= 11 is 19.3. The first kappa shape index (κ1) is 104. The summed E-state index contributed by atoms with van der Waals surface area (Å²) in [6.07, 6.45) is 23.9. The molecule has 19 atom stereocenters. The van der Waals surface area contributed by atoms with Crippen molar-refractivity contribution in [1.82, 2.24) is 34.2 Å². The number of halogens is 3. The fraction of sp³-hybridized carbons (Fsp3) is 0.625. The van der Waals surface area contributed by atoms with Gasteiger partial charge in [0.15, 0.2) is 0 Å². The molecule has 145 heavy (non-hydrogen) atoms. The molecule has 3 saturated carbocycles. The minimum atomic E-state index is -3.98.